The molecule has 3 rings (SSSR count). The number of benzene rings is 1. The molecule has 0 aliphatic carbocycles. The molecule has 1 N–H and O–H groups in total. The molecule has 1 saturated heterocycles. The van der Waals surface area contributed by atoms with Gasteiger partial charge in [-0.2, -0.15) is 0 Å². The third-order valence-corrected chi connectivity index (χ3v) is 6.87. The van der Waals surface area contributed by atoms with E-state index in [9.17, 15) is 19.2 Å². The van der Waals surface area contributed by atoms with Crippen LogP contribution in [0.3, 0.4) is 0 Å². The maximum Gasteiger partial charge on any atom is 0.303 e. The molecule has 2 aromatic rings. The molecule has 1 aliphatic heterocycles. The molecular weight excluding hydrogens is 532 g/mol. The van der Waals surface area contributed by atoms with E-state index in [-0.39, 0.29) is 13.2 Å². The van der Waals surface area contributed by atoms with Gasteiger partial charge in [-0.15, -0.1) is 10.2 Å². The highest BCUT2D eigenvalue weighted by molar-refractivity contribution is 7.99. The van der Waals surface area contributed by atoms with Crippen LogP contribution in [-0.2, 0) is 51.8 Å². The van der Waals surface area contributed by atoms with E-state index in [1.54, 1.807) is 11.6 Å². The van der Waals surface area contributed by atoms with Crippen LogP contribution in [0.15, 0.2) is 29.4 Å². The van der Waals surface area contributed by atoms with Crippen molar-refractivity contribution < 1.29 is 42.9 Å². The van der Waals surface area contributed by atoms with E-state index in [0.29, 0.717) is 16.7 Å². The van der Waals surface area contributed by atoms with Crippen molar-refractivity contribution in [2.75, 3.05) is 6.61 Å². The van der Waals surface area contributed by atoms with E-state index in [4.69, 9.17) is 23.7 Å². The maximum absolute atomic E-state index is 12.1. The van der Waals surface area contributed by atoms with Crippen LogP contribution in [0.4, 0.5) is 0 Å². The van der Waals surface area contributed by atoms with Gasteiger partial charge < -0.3 is 33.6 Å². The zero-order valence-electron chi connectivity index (χ0n) is 22.5. The topological polar surface area (TPSA) is 157 Å². The standard InChI is InChI=1S/C25H32N4O9S/c1-13-9-7-8-10-18(13)35-12-20-27-28-25(29(20)6)39-24-21(26-14(2)30)23(37-17(5)33)22(36-16(4)32)19(38-24)11-34-15(3)31/h7-10,19,21-24H,11-12H2,1-6H3,(H,26,30)/t19-,21+,22-,23-,24+/m1/s1. The molecule has 1 fully saturated rings. The monoisotopic (exact) mass is 564 g/mol. The van der Waals surface area contributed by atoms with Crippen molar-refractivity contribution in [2.45, 2.75) is 76.2 Å². The van der Waals surface area contributed by atoms with Gasteiger partial charge in [-0.3, -0.25) is 19.2 Å². The summed E-state index contributed by atoms with van der Waals surface area (Å²) in [5.41, 5.74) is 0.0688. The Balaban J connectivity index is 1.89. The lowest BCUT2D eigenvalue weighted by Gasteiger charge is -2.44. The van der Waals surface area contributed by atoms with Gasteiger partial charge in [0.15, 0.2) is 23.2 Å². The molecule has 1 aromatic heterocycles. The Bertz CT molecular complexity index is 1200. The number of carbonyl (C=O) groups excluding carboxylic acids is 4. The van der Waals surface area contributed by atoms with Gasteiger partial charge in [0.05, 0.1) is 0 Å². The van der Waals surface area contributed by atoms with Crippen LogP contribution in [-0.4, -0.2) is 75.0 Å². The predicted octanol–water partition coefficient (Wildman–Crippen LogP) is 1.45. The van der Waals surface area contributed by atoms with Crippen LogP contribution in [0.25, 0.3) is 0 Å². The molecule has 0 bridgehead atoms. The molecule has 0 radical (unpaired) electrons. The Hall–Kier alpha value is -3.65. The second-order valence-electron chi connectivity index (χ2n) is 8.85. The Morgan fingerprint density at radius 3 is 2.28 bits per heavy atom. The van der Waals surface area contributed by atoms with Crippen molar-refractivity contribution in [3.63, 3.8) is 0 Å². The van der Waals surface area contributed by atoms with E-state index in [0.717, 1.165) is 17.3 Å². The Morgan fingerprint density at radius 1 is 1.00 bits per heavy atom. The first-order valence-electron chi connectivity index (χ1n) is 12.1. The van der Waals surface area contributed by atoms with Gasteiger partial charge in [-0.1, -0.05) is 30.0 Å². The van der Waals surface area contributed by atoms with Gasteiger partial charge in [0.2, 0.25) is 5.91 Å². The minimum absolute atomic E-state index is 0.148. The summed E-state index contributed by atoms with van der Waals surface area (Å²) in [5, 5.41) is 11.6. The lowest BCUT2D eigenvalue weighted by atomic mass is 9.97. The molecule has 1 amide bonds. The van der Waals surface area contributed by atoms with Crippen LogP contribution in [0.1, 0.15) is 39.1 Å². The summed E-state index contributed by atoms with van der Waals surface area (Å²) in [6.07, 6.45) is -3.34. The zero-order chi connectivity index (χ0) is 28.7. The van der Waals surface area contributed by atoms with Crippen molar-refractivity contribution in [2.24, 2.45) is 7.05 Å². The first-order chi connectivity index (χ1) is 18.5. The van der Waals surface area contributed by atoms with Gasteiger partial charge in [-0.05, 0) is 18.6 Å². The second kappa shape index (κ2) is 13.4. The number of rotatable bonds is 10. The summed E-state index contributed by atoms with van der Waals surface area (Å²) < 4.78 is 29.9. The predicted molar refractivity (Wildman–Crippen MR) is 136 cm³/mol. The minimum Gasteiger partial charge on any atom is -0.485 e. The highest BCUT2D eigenvalue weighted by atomic mass is 32.2. The van der Waals surface area contributed by atoms with Crippen molar-refractivity contribution >= 4 is 35.6 Å². The van der Waals surface area contributed by atoms with Crippen LogP contribution < -0.4 is 10.1 Å². The largest absolute Gasteiger partial charge is 0.485 e. The summed E-state index contributed by atoms with van der Waals surface area (Å²) in [6.45, 7) is 6.68. The van der Waals surface area contributed by atoms with Gasteiger partial charge in [0, 0.05) is 34.7 Å². The first-order valence-corrected chi connectivity index (χ1v) is 13.0. The third kappa shape index (κ3) is 8.17. The number of aromatic nitrogens is 3. The number of para-hydroxylation sites is 1. The van der Waals surface area contributed by atoms with Crippen LogP contribution in [0.5, 0.6) is 5.75 Å². The molecule has 0 spiro atoms. The summed E-state index contributed by atoms with van der Waals surface area (Å²) >= 11 is 1.10. The van der Waals surface area contributed by atoms with Crippen molar-refractivity contribution in [1.82, 2.24) is 20.1 Å². The van der Waals surface area contributed by atoms with Crippen molar-refractivity contribution in [1.29, 1.82) is 0 Å². The Labute approximate surface area is 229 Å². The highest BCUT2D eigenvalue weighted by Crippen LogP contribution is 2.35. The molecule has 2 heterocycles. The van der Waals surface area contributed by atoms with Crippen molar-refractivity contribution in [3.8, 4) is 5.75 Å². The number of nitrogens with zero attached hydrogens (tertiary/aromatic N) is 3. The lowest BCUT2D eigenvalue weighted by Crippen LogP contribution is -2.65. The van der Waals surface area contributed by atoms with Crippen LogP contribution >= 0.6 is 11.8 Å². The average molecular weight is 565 g/mol. The molecule has 1 aromatic carbocycles. The zero-order valence-corrected chi connectivity index (χ0v) is 23.4. The SMILES string of the molecule is CC(=O)N[C@H]1[C@@H](OC(C)=O)[C@H](OC(C)=O)[C@@H](COC(C)=O)O[C@H]1Sc1nnc(COc2ccccc2C)n1C. The molecule has 0 unspecified atom stereocenters. The quantitative estimate of drug-likeness (QED) is 0.328. The summed E-state index contributed by atoms with van der Waals surface area (Å²) in [7, 11) is 1.75. The van der Waals surface area contributed by atoms with E-state index in [1.807, 2.05) is 31.2 Å². The number of amides is 1. The number of thioether (sulfide) groups is 1. The fourth-order valence-electron chi connectivity index (χ4n) is 3.93. The molecule has 0 saturated carbocycles. The normalized spacial score (nSPS) is 22.5. The fourth-order valence-corrected chi connectivity index (χ4v) is 5.06. The number of hydrogen-bond donors (Lipinski definition) is 1. The minimum atomic E-state index is -1.17. The number of ether oxygens (including phenoxy) is 5. The smallest absolute Gasteiger partial charge is 0.303 e. The van der Waals surface area contributed by atoms with E-state index >= 15 is 0 Å². The van der Waals surface area contributed by atoms with Gasteiger partial charge in [0.25, 0.3) is 0 Å². The fraction of sp³-hybridized carbons (Fsp3) is 0.520. The number of esters is 3. The highest BCUT2D eigenvalue weighted by Gasteiger charge is 2.51. The number of carbonyl (C=O) groups is 4. The average Bonchev–Trinajstić information content (AvgIpc) is 3.19. The molecule has 14 heteroatoms. The van der Waals surface area contributed by atoms with E-state index in [1.165, 1.54) is 27.7 Å². The summed E-state index contributed by atoms with van der Waals surface area (Å²) in [4.78, 5) is 47.6. The summed E-state index contributed by atoms with van der Waals surface area (Å²) in [5.74, 6) is -1.12. The Morgan fingerprint density at radius 2 is 1.67 bits per heavy atom. The van der Waals surface area contributed by atoms with Gasteiger partial charge in [-0.25, -0.2) is 0 Å². The van der Waals surface area contributed by atoms with Crippen LogP contribution in [0.2, 0.25) is 0 Å². The van der Waals surface area contributed by atoms with Crippen molar-refractivity contribution in [3.05, 3.63) is 35.7 Å². The molecule has 212 valence electrons. The van der Waals surface area contributed by atoms with Gasteiger partial charge in [0.1, 0.15) is 36.5 Å². The molecule has 1 aliphatic rings. The molecule has 5 atom stereocenters. The molecular formula is C25H32N4O9S. The summed E-state index contributed by atoms with van der Waals surface area (Å²) in [6, 6.07) is 6.62. The van der Waals surface area contributed by atoms with Crippen LogP contribution in [0, 0.1) is 6.92 Å². The van der Waals surface area contributed by atoms with E-state index < -0.39 is 53.6 Å². The molecule has 39 heavy (non-hydrogen) atoms. The lowest BCUT2D eigenvalue weighted by molar-refractivity contribution is -0.211. The Kier molecular flexibility index (Phi) is 10.3. The third-order valence-electron chi connectivity index (χ3n) is 5.67. The number of aryl methyl sites for hydroxylation is 1. The number of hydrogen-bond acceptors (Lipinski definition) is 12. The second-order valence-corrected chi connectivity index (χ2v) is 9.92. The molecule has 13 nitrogen and oxygen atoms in total. The number of nitrogens with one attached hydrogen (secondary N) is 1. The van der Waals surface area contributed by atoms with E-state index in [2.05, 4.69) is 15.5 Å². The maximum atomic E-state index is 12.1. The first kappa shape index (κ1) is 29.9. The van der Waals surface area contributed by atoms with Gasteiger partial charge >= 0.3 is 17.9 Å².